The Labute approximate surface area is 155 Å². The molecule has 2 unspecified atom stereocenters. The van der Waals surface area contributed by atoms with Gasteiger partial charge in [0.25, 0.3) is 0 Å². The van der Waals surface area contributed by atoms with Crippen molar-refractivity contribution < 1.29 is 29.1 Å². The molecule has 0 aliphatic carbocycles. The number of carboxylic acids is 1. The number of quaternary nitrogens is 1. The van der Waals surface area contributed by atoms with Crippen molar-refractivity contribution in [1.82, 2.24) is 5.32 Å². The van der Waals surface area contributed by atoms with Gasteiger partial charge in [0, 0.05) is 0 Å². The topological polar surface area (TPSA) is 107 Å². The van der Waals surface area contributed by atoms with Gasteiger partial charge in [0.15, 0.2) is 0 Å². The molecule has 1 aliphatic rings. The molecule has 0 saturated heterocycles. The second-order valence-corrected chi connectivity index (χ2v) is 7.47. The first-order valence-electron chi connectivity index (χ1n) is 9.40. The van der Waals surface area contributed by atoms with Crippen LogP contribution >= 0.6 is 0 Å². The van der Waals surface area contributed by atoms with E-state index in [2.05, 4.69) is 11.4 Å². The maximum Gasteiger partial charge on any atom is 0.332 e. The van der Waals surface area contributed by atoms with Crippen LogP contribution in [0.2, 0.25) is 0 Å². The Morgan fingerprint density at radius 3 is 2.42 bits per heavy atom. The van der Waals surface area contributed by atoms with Gasteiger partial charge in [-0.2, -0.15) is 0 Å². The standard InChI is InChI=1S/C19H32N2O5/c1-14(2)21(3)12-10-8-6-4-5-7-9-11-15(17(23)19(25)26)18(24)20-13-16(21)22/h4-5,14-15,17,23H,6-13H2,1-3H3,(H-,20,24,25,26)/t15?,17-,21?/m0/s1. The summed E-state index contributed by atoms with van der Waals surface area (Å²) in [4.78, 5) is 36.1. The molecule has 148 valence electrons. The molecular weight excluding hydrogens is 336 g/mol. The molecule has 0 spiro atoms. The normalized spacial score (nSPS) is 28.1. The number of rotatable bonds is 3. The van der Waals surface area contributed by atoms with Crippen LogP contribution in [0.15, 0.2) is 12.2 Å². The summed E-state index contributed by atoms with van der Waals surface area (Å²) in [5.74, 6) is -3.54. The Hall–Kier alpha value is -1.73. The molecule has 26 heavy (non-hydrogen) atoms. The Morgan fingerprint density at radius 1 is 1.23 bits per heavy atom. The summed E-state index contributed by atoms with van der Waals surface area (Å²) in [5, 5.41) is 23.3. The third kappa shape index (κ3) is 6.21. The molecule has 2 N–H and O–H groups in total. The summed E-state index contributed by atoms with van der Waals surface area (Å²) in [7, 11) is 1.86. The number of nitrogens with zero attached hydrogens (tertiary/aromatic N) is 1. The minimum absolute atomic E-state index is 0.0650. The molecule has 0 saturated carbocycles. The fourth-order valence-corrected chi connectivity index (χ4v) is 3.14. The van der Waals surface area contributed by atoms with E-state index in [0.29, 0.717) is 19.4 Å². The van der Waals surface area contributed by atoms with Crippen LogP contribution in [0.5, 0.6) is 0 Å². The van der Waals surface area contributed by atoms with Crippen LogP contribution in [0.3, 0.4) is 0 Å². The summed E-state index contributed by atoms with van der Waals surface area (Å²) in [6.45, 7) is 4.44. The molecule has 7 heteroatoms. The zero-order valence-electron chi connectivity index (χ0n) is 16.1. The number of carboxylic acid groups (broad SMARTS) is 1. The second kappa shape index (κ2) is 10.4. The largest absolute Gasteiger partial charge is 0.547 e. The second-order valence-electron chi connectivity index (χ2n) is 7.47. The van der Waals surface area contributed by atoms with Crippen molar-refractivity contribution in [1.29, 1.82) is 0 Å². The van der Waals surface area contributed by atoms with Gasteiger partial charge >= 0.3 is 5.91 Å². The van der Waals surface area contributed by atoms with Crippen molar-refractivity contribution in [2.45, 2.75) is 64.5 Å². The van der Waals surface area contributed by atoms with Gasteiger partial charge in [-0.1, -0.05) is 12.2 Å². The molecule has 0 bridgehead atoms. The number of likely N-dealkylation sites (N-methyl/N-ethyl adjacent to an activating group) is 1. The minimum atomic E-state index is -1.88. The number of aliphatic carboxylic acids is 1. The third-order valence-corrected chi connectivity index (χ3v) is 5.38. The highest BCUT2D eigenvalue weighted by atomic mass is 16.4. The Kier molecular flexibility index (Phi) is 8.95. The van der Waals surface area contributed by atoms with Gasteiger partial charge in [0.05, 0.1) is 31.5 Å². The van der Waals surface area contributed by atoms with Crippen LogP contribution in [0.1, 0.15) is 52.4 Å². The number of hydrogen-bond donors (Lipinski definition) is 2. The summed E-state index contributed by atoms with van der Waals surface area (Å²) in [6.07, 6.45) is 6.54. The lowest BCUT2D eigenvalue weighted by atomic mass is 9.94. The van der Waals surface area contributed by atoms with E-state index in [9.17, 15) is 24.6 Å². The lowest BCUT2D eigenvalue weighted by Crippen LogP contribution is -2.58. The van der Waals surface area contributed by atoms with Crippen molar-refractivity contribution in [3.63, 3.8) is 0 Å². The molecule has 2 amide bonds. The predicted molar refractivity (Wildman–Crippen MR) is 95.5 cm³/mol. The van der Waals surface area contributed by atoms with E-state index in [1.165, 1.54) is 0 Å². The maximum atomic E-state index is 12.7. The predicted octanol–water partition coefficient (Wildman–Crippen LogP) is 0.122. The average molecular weight is 368 g/mol. The van der Waals surface area contributed by atoms with Crippen LogP contribution in [0.4, 0.5) is 0 Å². The molecule has 0 aromatic rings. The van der Waals surface area contributed by atoms with Crippen LogP contribution < -0.4 is 10.4 Å². The fraction of sp³-hybridized carbons (Fsp3) is 0.737. The summed E-state index contributed by atoms with van der Waals surface area (Å²) >= 11 is 0. The highest BCUT2D eigenvalue weighted by molar-refractivity contribution is 5.87. The van der Waals surface area contributed by atoms with Gasteiger partial charge < -0.3 is 20.3 Å². The molecule has 7 nitrogen and oxygen atoms in total. The smallest absolute Gasteiger partial charge is 0.332 e. The van der Waals surface area contributed by atoms with Gasteiger partial charge in [-0.05, 0) is 52.4 Å². The quantitative estimate of drug-likeness (QED) is 0.544. The van der Waals surface area contributed by atoms with E-state index < -0.39 is 23.9 Å². The van der Waals surface area contributed by atoms with Crippen LogP contribution in [-0.2, 0) is 14.4 Å². The van der Waals surface area contributed by atoms with Gasteiger partial charge in [-0.15, -0.1) is 0 Å². The van der Waals surface area contributed by atoms with E-state index in [1.807, 2.05) is 27.0 Å². The van der Waals surface area contributed by atoms with E-state index >= 15 is 0 Å². The molecule has 1 rings (SSSR count). The number of amides is 2. The van der Waals surface area contributed by atoms with Crippen molar-refractivity contribution in [2.75, 3.05) is 20.1 Å². The van der Waals surface area contributed by atoms with Gasteiger partial charge in [-0.25, -0.2) is 4.79 Å². The Bertz CT molecular complexity index is 532. The maximum absolute atomic E-state index is 12.7. The van der Waals surface area contributed by atoms with E-state index in [1.54, 1.807) is 0 Å². The number of carbonyl (C=O) groups excluding carboxylic acids is 3. The monoisotopic (exact) mass is 368 g/mol. The Morgan fingerprint density at radius 2 is 1.85 bits per heavy atom. The highest BCUT2D eigenvalue weighted by Gasteiger charge is 2.35. The zero-order chi connectivity index (χ0) is 19.7. The molecule has 0 aromatic carbocycles. The molecule has 1 heterocycles. The molecule has 0 radical (unpaired) electrons. The summed E-state index contributed by atoms with van der Waals surface area (Å²) in [5.41, 5.74) is 0. The number of hydrogen-bond acceptors (Lipinski definition) is 5. The molecule has 0 fully saturated rings. The molecule has 3 atom stereocenters. The van der Waals surface area contributed by atoms with Crippen molar-refractivity contribution in [3.8, 4) is 0 Å². The first-order chi connectivity index (χ1) is 12.2. The van der Waals surface area contributed by atoms with Crippen molar-refractivity contribution >= 4 is 17.8 Å². The first-order valence-corrected chi connectivity index (χ1v) is 9.40. The number of nitrogens with one attached hydrogen (secondary N) is 1. The lowest BCUT2D eigenvalue weighted by molar-refractivity contribution is -0.856. The highest BCUT2D eigenvalue weighted by Crippen LogP contribution is 2.17. The zero-order valence-corrected chi connectivity index (χ0v) is 16.1. The van der Waals surface area contributed by atoms with Crippen LogP contribution in [0, 0.1) is 5.92 Å². The molecule has 0 aromatic heterocycles. The van der Waals surface area contributed by atoms with Gasteiger partial charge in [0.1, 0.15) is 12.6 Å². The fourth-order valence-electron chi connectivity index (χ4n) is 3.14. The van der Waals surface area contributed by atoms with Crippen molar-refractivity contribution in [2.24, 2.45) is 5.92 Å². The lowest BCUT2D eigenvalue weighted by Gasteiger charge is -2.36. The number of carbonyl (C=O) groups is 3. The number of allylic oxidation sites excluding steroid dienone is 2. The molecular formula is C19H32N2O5. The number of aliphatic hydroxyl groups excluding tert-OH is 1. The van der Waals surface area contributed by atoms with E-state index in [4.69, 9.17) is 0 Å². The minimum Gasteiger partial charge on any atom is -0.547 e. The van der Waals surface area contributed by atoms with Gasteiger partial charge in [0.2, 0.25) is 5.91 Å². The van der Waals surface area contributed by atoms with Gasteiger partial charge in [-0.3, -0.25) is 9.28 Å². The van der Waals surface area contributed by atoms with Crippen molar-refractivity contribution in [3.05, 3.63) is 12.2 Å². The molecule has 1 aliphatic heterocycles. The van der Waals surface area contributed by atoms with E-state index in [-0.39, 0.29) is 29.4 Å². The Balaban J connectivity index is 2.95. The average Bonchev–Trinajstić information content (AvgIpc) is 2.59. The first kappa shape index (κ1) is 22.3. The summed E-state index contributed by atoms with van der Waals surface area (Å²) < 4.78 is 0.206. The third-order valence-electron chi connectivity index (χ3n) is 5.38. The SMILES string of the molecule is CC(C)[N+]1(C)CCCCC=CCCCC([C@H](O)C(=O)[O-])C(=O)NCC1=O. The van der Waals surface area contributed by atoms with Crippen LogP contribution in [0.25, 0.3) is 0 Å². The van der Waals surface area contributed by atoms with Crippen LogP contribution in [-0.4, -0.2) is 59.7 Å². The van der Waals surface area contributed by atoms with E-state index in [0.717, 1.165) is 19.3 Å². The summed E-state index contributed by atoms with van der Waals surface area (Å²) in [6, 6.07) is 0.0650. The number of aliphatic hydroxyl groups is 1.